The van der Waals surface area contributed by atoms with Crippen molar-refractivity contribution >= 4 is 41.3 Å². The molecule has 0 fully saturated rings. The molecule has 74 valence electrons. The third kappa shape index (κ3) is 1.62. The standard InChI is InChI=1S/C6H3BrClN3O2S/c7-4-2-1-3-5-9-6(10-11(4)5)14(8,12)13/h1-3H. The quantitative estimate of drug-likeness (QED) is 0.590. The highest BCUT2D eigenvalue weighted by atomic mass is 79.9. The Balaban J connectivity index is 2.81. The molecule has 0 N–H and O–H groups in total. The van der Waals surface area contributed by atoms with Gasteiger partial charge in [0.2, 0.25) is 0 Å². The maximum absolute atomic E-state index is 10.9. The van der Waals surface area contributed by atoms with Crippen LogP contribution in [0.25, 0.3) is 5.65 Å². The molecule has 0 bridgehead atoms. The van der Waals surface area contributed by atoms with Gasteiger partial charge in [0.1, 0.15) is 4.60 Å². The van der Waals surface area contributed by atoms with Crippen LogP contribution in [-0.2, 0) is 9.05 Å². The van der Waals surface area contributed by atoms with E-state index in [4.69, 9.17) is 10.7 Å². The lowest BCUT2D eigenvalue weighted by atomic mass is 10.5. The van der Waals surface area contributed by atoms with Gasteiger partial charge in [0, 0.05) is 10.7 Å². The zero-order chi connectivity index (χ0) is 10.3. The molecule has 2 aromatic heterocycles. The summed E-state index contributed by atoms with van der Waals surface area (Å²) in [7, 11) is 1.23. The van der Waals surface area contributed by atoms with Crippen molar-refractivity contribution in [2.75, 3.05) is 0 Å². The van der Waals surface area contributed by atoms with Crippen LogP contribution in [0.1, 0.15) is 0 Å². The Hall–Kier alpha value is -0.660. The van der Waals surface area contributed by atoms with Crippen molar-refractivity contribution in [2.24, 2.45) is 0 Å². The maximum Gasteiger partial charge on any atom is 0.298 e. The summed E-state index contributed by atoms with van der Waals surface area (Å²) < 4.78 is 23.8. The van der Waals surface area contributed by atoms with Crippen LogP contribution in [0, 0.1) is 0 Å². The summed E-state index contributed by atoms with van der Waals surface area (Å²) in [4.78, 5) is 3.75. The Labute approximate surface area is 92.3 Å². The van der Waals surface area contributed by atoms with E-state index in [0.29, 0.717) is 10.3 Å². The van der Waals surface area contributed by atoms with Gasteiger partial charge in [-0.05, 0) is 28.1 Å². The van der Waals surface area contributed by atoms with Crippen LogP contribution in [-0.4, -0.2) is 23.0 Å². The molecule has 2 aromatic rings. The summed E-state index contributed by atoms with van der Waals surface area (Å²) in [6.45, 7) is 0. The molecule has 5 nitrogen and oxygen atoms in total. The van der Waals surface area contributed by atoms with Crippen molar-refractivity contribution in [3.63, 3.8) is 0 Å². The SMILES string of the molecule is O=S(=O)(Cl)c1nc2cccc(Br)n2n1. The van der Waals surface area contributed by atoms with Crippen molar-refractivity contribution in [1.29, 1.82) is 0 Å². The summed E-state index contributed by atoms with van der Waals surface area (Å²) in [5.74, 6) is 0. The molecule has 0 saturated heterocycles. The van der Waals surface area contributed by atoms with Crippen LogP contribution in [0.4, 0.5) is 0 Å². The fraction of sp³-hybridized carbons (Fsp3) is 0. The van der Waals surface area contributed by atoms with Gasteiger partial charge in [-0.25, -0.2) is 12.9 Å². The van der Waals surface area contributed by atoms with Crippen molar-refractivity contribution in [1.82, 2.24) is 14.6 Å². The number of aromatic nitrogens is 3. The summed E-state index contributed by atoms with van der Waals surface area (Å²) in [5.41, 5.74) is 0.415. The number of pyridine rings is 1. The van der Waals surface area contributed by atoms with Gasteiger partial charge >= 0.3 is 0 Å². The van der Waals surface area contributed by atoms with Gasteiger partial charge in [-0.3, -0.25) is 0 Å². The fourth-order valence-electron chi connectivity index (χ4n) is 0.957. The third-order valence-corrected chi connectivity index (χ3v) is 3.14. The van der Waals surface area contributed by atoms with Crippen LogP contribution < -0.4 is 0 Å². The lowest BCUT2D eigenvalue weighted by molar-refractivity contribution is 0.601. The van der Waals surface area contributed by atoms with E-state index in [2.05, 4.69) is 26.0 Å². The molecule has 8 heteroatoms. The van der Waals surface area contributed by atoms with E-state index in [1.807, 2.05) is 0 Å². The molecule has 0 aliphatic carbocycles. The minimum atomic E-state index is -3.87. The lowest BCUT2D eigenvalue weighted by Gasteiger charge is -1.91. The molecular formula is C6H3BrClN3O2S. The Kier molecular flexibility index (Phi) is 2.24. The predicted molar refractivity (Wildman–Crippen MR) is 53.7 cm³/mol. The van der Waals surface area contributed by atoms with Crippen LogP contribution >= 0.6 is 26.6 Å². The van der Waals surface area contributed by atoms with Crippen molar-refractivity contribution < 1.29 is 8.42 Å². The highest BCUT2D eigenvalue weighted by Crippen LogP contribution is 2.15. The normalized spacial score (nSPS) is 12.1. The van der Waals surface area contributed by atoms with E-state index in [-0.39, 0.29) is 0 Å². The number of halogens is 2. The van der Waals surface area contributed by atoms with Gasteiger partial charge < -0.3 is 0 Å². The first-order valence-electron chi connectivity index (χ1n) is 3.44. The molecule has 2 heterocycles. The summed E-state index contributed by atoms with van der Waals surface area (Å²) in [6.07, 6.45) is 0. The second-order valence-electron chi connectivity index (χ2n) is 2.45. The van der Waals surface area contributed by atoms with Crippen molar-refractivity contribution in [3.05, 3.63) is 22.8 Å². The minimum absolute atomic E-state index is 0.397. The maximum atomic E-state index is 10.9. The first kappa shape index (κ1) is 9.88. The first-order chi connectivity index (χ1) is 6.48. The van der Waals surface area contributed by atoms with Gasteiger partial charge in [0.25, 0.3) is 14.2 Å². The largest absolute Gasteiger partial charge is 0.298 e. The average Bonchev–Trinajstić information content (AvgIpc) is 2.48. The van der Waals surface area contributed by atoms with Crippen LogP contribution in [0.2, 0.25) is 0 Å². The smallest absolute Gasteiger partial charge is 0.205 e. The molecular weight excluding hydrogens is 294 g/mol. The second-order valence-corrected chi connectivity index (χ2v) is 5.72. The Morgan fingerprint density at radius 1 is 1.43 bits per heavy atom. The highest BCUT2D eigenvalue weighted by molar-refractivity contribution is 9.10. The highest BCUT2D eigenvalue weighted by Gasteiger charge is 2.17. The van der Waals surface area contributed by atoms with Gasteiger partial charge in [-0.2, -0.15) is 4.98 Å². The van der Waals surface area contributed by atoms with E-state index in [9.17, 15) is 8.42 Å². The Bertz CT molecular complexity index is 594. The number of nitrogens with zero attached hydrogens (tertiary/aromatic N) is 3. The lowest BCUT2D eigenvalue weighted by Crippen LogP contribution is -1.94. The molecule has 0 aliphatic heterocycles. The Morgan fingerprint density at radius 2 is 2.14 bits per heavy atom. The van der Waals surface area contributed by atoms with E-state index in [1.54, 1.807) is 18.2 Å². The predicted octanol–water partition coefficient (Wildman–Crippen LogP) is 1.42. The van der Waals surface area contributed by atoms with Crippen molar-refractivity contribution in [2.45, 2.75) is 5.16 Å². The zero-order valence-corrected chi connectivity index (χ0v) is 9.71. The topological polar surface area (TPSA) is 64.3 Å². The molecule has 14 heavy (non-hydrogen) atoms. The summed E-state index contributed by atoms with van der Waals surface area (Å²) in [5, 5.41) is 3.33. The van der Waals surface area contributed by atoms with E-state index in [1.165, 1.54) is 4.52 Å². The van der Waals surface area contributed by atoms with Gasteiger partial charge in [0.05, 0.1) is 0 Å². The van der Waals surface area contributed by atoms with E-state index in [0.717, 1.165) is 0 Å². The van der Waals surface area contributed by atoms with Crippen LogP contribution in [0.3, 0.4) is 0 Å². The molecule has 0 spiro atoms. The van der Waals surface area contributed by atoms with Gasteiger partial charge in [0.15, 0.2) is 5.65 Å². The van der Waals surface area contributed by atoms with Crippen molar-refractivity contribution in [3.8, 4) is 0 Å². The minimum Gasteiger partial charge on any atom is -0.205 e. The molecule has 0 radical (unpaired) electrons. The third-order valence-electron chi connectivity index (χ3n) is 1.51. The molecule has 0 atom stereocenters. The van der Waals surface area contributed by atoms with E-state index >= 15 is 0 Å². The molecule has 0 amide bonds. The second kappa shape index (κ2) is 3.18. The summed E-state index contributed by atoms with van der Waals surface area (Å²) in [6, 6.07) is 5.06. The fourth-order valence-corrected chi connectivity index (χ4v) is 1.95. The number of hydrogen-bond donors (Lipinski definition) is 0. The van der Waals surface area contributed by atoms with Crippen LogP contribution in [0.5, 0.6) is 0 Å². The first-order valence-corrected chi connectivity index (χ1v) is 6.55. The molecule has 0 saturated carbocycles. The summed E-state index contributed by atoms with van der Waals surface area (Å²) >= 11 is 3.20. The molecule has 0 unspecified atom stereocenters. The monoisotopic (exact) mass is 295 g/mol. The molecule has 0 aliphatic rings. The number of fused-ring (bicyclic) bond motifs is 1. The molecule has 0 aromatic carbocycles. The zero-order valence-electron chi connectivity index (χ0n) is 6.55. The van der Waals surface area contributed by atoms with Crippen LogP contribution in [0.15, 0.2) is 28.0 Å². The number of hydrogen-bond acceptors (Lipinski definition) is 4. The molecule has 2 rings (SSSR count). The van der Waals surface area contributed by atoms with Gasteiger partial charge in [-0.1, -0.05) is 6.07 Å². The Morgan fingerprint density at radius 3 is 2.71 bits per heavy atom. The average molecular weight is 297 g/mol. The number of rotatable bonds is 1. The van der Waals surface area contributed by atoms with Gasteiger partial charge in [-0.15, -0.1) is 5.10 Å². The van der Waals surface area contributed by atoms with E-state index < -0.39 is 14.2 Å².